The Balaban J connectivity index is 1.64. The van der Waals surface area contributed by atoms with Gasteiger partial charge in [0.2, 0.25) is 0 Å². The molecule has 28 heavy (non-hydrogen) atoms. The second kappa shape index (κ2) is 9.04. The number of hydrogen-bond donors (Lipinski definition) is 1. The predicted octanol–water partition coefficient (Wildman–Crippen LogP) is 4.22. The number of methoxy groups -OCH3 is 1. The van der Waals surface area contributed by atoms with Crippen LogP contribution in [0.2, 0.25) is 0 Å². The summed E-state index contributed by atoms with van der Waals surface area (Å²) in [7, 11) is 1.61. The first-order chi connectivity index (χ1) is 13.6. The molecule has 0 unspecified atom stereocenters. The lowest BCUT2D eigenvalue weighted by Crippen LogP contribution is -2.24. The van der Waals surface area contributed by atoms with E-state index in [1.54, 1.807) is 13.2 Å². The van der Waals surface area contributed by atoms with Crippen molar-refractivity contribution in [3.8, 4) is 11.5 Å². The Morgan fingerprint density at radius 2 is 1.75 bits per heavy atom. The molecule has 0 fully saturated rings. The lowest BCUT2D eigenvalue weighted by Gasteiger charge is -2.13. The van der Waals surface area contributed by atoms with Gasteiger partial charge in [0.25, 0.3) is 5.91 Å². The quantitative estimate of drug-likeness (QED) is 0.671. The van der Waals surface area contributed by atoms with Gasteiger partial charge < -0.3 is 14.8 Å². The van der Waals surface area contributed by atoms with Gasteiger partial charge in [-0.1, -0.05) is 36.4 Å². The SMILES string of the molecule is COc1cc(CNC(=O)c2ccc(C)nc2C)ccc1OCc1ccccc1. The minimum atomic E-state index is -0.145. The second-order valence-corrected chi connectivity index (χ2v) is 6.53. The average molecular weight is 376 g/mol. The third-order valence-electron chi connectivity index (χ3n) is 4.39. The largest absolute Gasteiger partial charge is 0.493 e. The number of benzene rings is 2. The number of hydrogen-bond acceptors (Lipinski definition) is 4. The number of ether oxygens (including phenoxy) is 2. The third-order valence-corrected chi connectivity index (χ3v) is 4.39. The van der Waals surface area contributed by atoms with Gasteiger partial charge in [-0.15, -0.1) is 0 Å². The molecule has 0 bridgehead atoms. The fourth-order valence-corrected chi connectivity index (χ4v) is 2.88. The molecule has 3 rings (SSSR count). The first-order valence-electron chi connectivity index (χ1n) is 9.13. The first kappa shape index (κ1) is 19.4. The summed E-state index contributed by atoms with van der Waals surface area (Å²) in [6, 6.07) is 19.3. The monoisotopic (exact) mass is 376 g/mol. The van der Waals surface area contributed by atoms with Gasteiger partial charge in [-0.2, -0.15) is 0 Å². The van der Waals surface area contributed by atoms with Gasteiger partial charge in [-0.25, -0.2) is 0 Å². The Kier molecular flexibility index (Phi) is 6.27. The molecule has 0 aliphatic carbocycles. The molecular formula is C23H24N2O3. The van der Waals surface area contributed by atoms with Crippen LogP contribution in [-0.4, -0.2) is 18.0 Å². The highest BCUT2D eigenvalue weighted by Crippen LogP contribution is 2.29. The fraction of sp³-hybridized carbons (Fsp3) is 0.217. The van der Waals surface area contributed by atoms with Crippen molar-refractivity contribution in [2.45, 2.75) is 27.0 Å². The van der Waals surface area contributed by atoms with Gasteiger partial charge in [-0.05, 0) is 49.2 Å². The summed E-state index contributed by atoms with van der Waals surface area (Å²) in [5.74, 6) is 1.16. The molecule has 1 heterocycles. The van der Waals surface area contributed by atoms with Gasteiger partial charge in [0, 0.05) is 12.2 Å². The second-order valence-electron chi connectivity index (χ2n) is 6.53. The standard InChI is InChI=1S/C23H24N2O3/c1-16-9-11-20(17(2)25-16)23(26)24-14-19-10-12-21(22(13-19)27-3)28-15-18-7-5-4-6-8-18/h4-13H,14-15H2,1-3H3,(H,24,26). The lowest BCUT2D eigenvalue weighted by molar-refractivity contribution is 0.0950. The molecule has 0 spiro atoms. The molecule has 0 saturated heterocycles. The van der Waals surface area contributed by atoms with Crippen LogP contribution in [0.3, 0.4) is 0 Å². The number of rotatable bonds is 7. The molecule has 3 aromatic rings. The van der Waals surface area contributed by atoms with Crippen molar-refractivity contribution in [3.63, 3.8) is 0 Å². The summed E-state index contributed by atoms with van der Waals surface area (Å²) < 4.78 is 11.3. The molecule has 0 aliphatic heterocycles. The molecule has 1 N–H and O–H groups in total. The van der Waals surface area contributed by atoms with E-state index in [0.29, 0.717) is 30.2 Å². The van der Waals surface area contributed by atoms with Crippen LogP contribution in [-0.2, 0) is 13.2 Å². The van der Waals surface area contributed by atoms with E-state index in [1.165, 1.54) is 0 Å². The van der Waals surface area contributed by atoms with Crippen LogP contribution >= 0.6 is 0 Å². The number of carbonyl (C=O) groups is 1. The van der Waals surface area contributed by atoms with Gasteiger partial charge in [-0.3, -0.25) is 9.78 Å². The number of amides is 1. The molecule has 2 aromatic carbocycles. The molecule has 5 nitrogen and oxygen atoms in total. The first-order valence-corrected chi connectivity index (χ1v) is 9.13. The van der Waals surface area contributed by atoms with Crippen LogP contribution in [0.15, 0.2) is 60.7 Å². The normalized spacial score (nSPS) is 10.4. The molecular weight excluding hydrogens is 352 g/mol. The Hall–Kier alpha value is -3.34. The highest BCUT2D eigenvalue weighted by molar-refractivity contribution is 5.95. The number of carbonyl (C=O) groups excluding carboxylic acids is 1. The molecule has 1 amide bonds. The highest BCUT2D eigenvalue weighted by Gasteiger charge is 2.11. The van der Waals surface area contributed by atoms with E-state index in [1.807, 2.05) is 68.4 Å². The summed E-state index contributed by atoms with van der Waals surface area (Å²) in [6.07, 6.45) is 0. The Morgan fingerprint density at radius 1 is 0.964 bits per heavy atom. The third kappa shape index (κ3) is 4.88. The maximum atomic E-state index is 12.4. The fourth-order valence-electron chi connectivity index (χ4n) is 2.88. The van der Waals surface area contributed by atoms with Crippen LogP contribution in [0.1, 0.15) is 32.9 Å². The Labute approximate surface area is 165 Å². The summed E-state index contributed by atoms with van der Waals surface area (Å²) in [4.78, 5) is 16.8. The van der Waals surface area contributed by atoms with Gasteiger partial charge in [0.1, 0.15) is 6.61 Å². The van der Waals surface area contributed by atoms with Crippen molar-refractivity contribution >= 4 is 5.91 Å². The topological polar surface area (TPSA) is 60.5 Å². The zero-order chi connectivity index (χ0) is 19.9. The van der Waals surface area contributed by atoms with Crippen LogP contribution in [0, 0.1) is 13.8 Å². The molecule has 5 heteroatoms. The number of aromatic nitrogens is 1. The summed E-state index contributed by atoms with van der Waals surface area (Å²) in [6.45, 7) is 4.60. The molecule has 0 atom stereocenters. The van der Waals surface area contributed by atoms with Gasteiger partial charge >= 0.3 is 0 Å². The van der Waals surface area contributed by atoms with Crippen molar-refractivity contribution in [2.24, 2.45) is 0 Å². The van der Waals surface area contributed by atoms with E-state index in [2.05, 4.69) is 10.3 Å². The number of aryl methyl sites for hydroxylation is 2. The predicted molar refractivity (Wildman–Crippen MR) is 109 cm³/mol. The molecule has 144 valence electrons. The highest BCUT2D eigenvalue weighted by atomic mass is 16.5. The van der Waals surface area contributed by atoms with Crippen LogP contribution in [0.4, 0.5) is 0 Å². The smallest absolute Gasteiger partial charge is 0.253 e. The van der Waals surface area contributed by atoms with E-state index in [9.17, 15) is 4.79 Å². The van der Waals surface area contributed by atoms with E-state index >= 15 is 0 Å². The molecule has 0 aliphatic rings. The van der Waals surface area contributed by atoms with Crippen molar-refractivity contribution in [1.82, 2.24) is 10.3 Å². The average Bonchev–Trinajstić information content (AvgIpc) is 2.71. The van der Waals surface area contributed by atoms with Crippen LogP contribution in [0.25, 0.3) is 0 Å². The minimum absolute atomic E-state index is 0.145. The maximum Gasteiger partial charge on any atom is 0.253 e. The zero-order valence-electron chi connectivity index (χ0n) is 16.4. The summed E-state index contributed by atoms with van der Waals surface area (Å²) in [5.41, 5.74) is 4.21. The Bertz CT molecular complexity index is 955. The zero-order valence-corrected chi connectivity index (χ0v) is 16.4. The number of nitrogens with zero attached hydrogens (tertiary/aromatic N) is 1. The maximum absolute atomic E-state index is 12.4. The molecule has 0 radical (unpaired) electrons. The van der Waals surface area contributed by atoms with Crippen LogP contribution in [0.5, 0.6) is 11.5 Å². The molecule has 1 aromatic heterocycles. The van der Waals surface area contributed by atoms with Crippen molar-refractivity contribution < 1.29 is 14.3 Å². The van der Waals surface area contributed by atoms with E-state index in [0.717, 1.165) is 22.5 Å². The van der Waals surface area contributed by atoms with Gasteiger partial charge in [0.05, 0.1) is 18.4 Å². The van der Waals surface area contributed by atoms with E-state index < -0.39 is 0 Å². The number of pyridine rings is 1. The lowest BCUT2D eigenvalue weighted by atomic mass is 10.1. The molecule has 0 saturated carbocycles. The summed E-state index contributed by atoms with van der Waals surface area (Å²) in [5, 5.41) is 2.93. The summed E-state index contributed by atoms with van der Waals surface area (Å²) >= 11 is 0. The number of nitrogens with one attached hydrogen (secondary N) is 1. The minimum Gasteiger partial charge on any atom is -0.493 e. The van der Waals surface area contributed by atoms with Crippen LogP contribution < -0.4 is 14.8 Å². The van der Waals surface area contributed by atoms with Crippen molar-refractivity contribution in [2.75, 3.05) is 7.11 Å². The Morgan fingerprint density at radius 3 is 2.46 bits per heavy atom. The van der Waals surface area contributed by atoms with Crippen molar-refractivity contribution in [3.05, 3.63) is 88.7 Å². The van der Waals surface area contributed by atoms with E-state index in [-0.39, 0.29) is 5.91 Å². The van der Waals surface area contributed by atoms with E-state index in [4.69, 9.17) is 9.47 Å². The van der Waals surface area contributed by atoms with Crippen molar-refractivity contribution in [1.29, 1.82) is 0 Å². The van der Waals surface area contributed by atoms with Gasteiger partial charge in [0.15, 0.2) is 11.5 Å².